The predicted octanol–water partition coefficient (Wildman–Crippen LogP) is 4.88. The van der Waals surface area contributed by atoms with Gasteiger partial charge in [0.05, 0.1) is 5.69 Å². The maximum Gasteiger partial charge on any atom is 0.573 e. The largest absolute Gasteiger partial charge is 0.573 e. The average molecular weight is 448 g/mol. The Balaban J connectivity index is 1.30. The van der Waals surface area contributed by atoms with Crippen molar-refractivity contribution in [3.63, 3.8) is 0 Å². The average Bonchev–Trinajstić information content (AvgIpc) is 3.21. The number of nitrogens with two attached hydrogens (primary N) is 1. The van der Waals surface area contributed by atoms with Gasteiger partial charge in [-0.05, 0) is 70.0 Å². The maximum absolute atomic E-state index is 12.8. The third-order valence-corrected chi connectivity index (χ3v) is 7.91. The molecule has 2 bridgehead atoms. The van der Waals surface area contributed by atoms with Crippen molar-refractivity contribution in [1.29, 1.82) is 0 Å². The number of fused-ring (bicyclic) bond motifs is 1. The van der Waals surface area contributed by atoms with Crippen LogP contribution in [-0.2, 0) is 0 Å². The Labute approximate surface area is 185 Å². The molecule has 1 saturated heterocycles. The highest BCUT2D eigenvalue weighted by Gasteiger charge is 2.59. The van der Waals surface area contributed by atoms with Crippen LogP contribution in [-0.4, -0.2) is 44.4 Å². The van der Waals surface area contributed by atoms with Crippen LogP contribution in [0.1, 0.15) is 69.2 Å². The predicted molar refractivity (Wildman–Crippen MR) is 113 cm³/mol. The summed E-state index contributed by atoms with van der Waals surface area (Å²) < 4.78 is 44.7. The lowest BCUT2D eigenvalue weighted by Gasteiger charge is -2.49. The number of aromatic nitrogens is 3. The van der Waals surface area contributed by atoms with Crippen LogP contribution in [0.4, 0.5) is 19.0 Å². The van der Waals surface area contributed by atoms with Crippen LogP contribution in [0, 0.1) is 5.92 Å². The summed E-state index contributed by atoms with van der Waals surface area (Å²) in [4.78, 5) is 11.5. The van der Waals surface area contributed by atoms with Crippen molar-refractivity contribution in [1.82, 2.24) is 19.4 Å². The molecule has 0 aromatic carbocycles. The van der Waals surface area contributed by atoms with E-state index in [-0.39, 0.29) is 5.82 Å². The third-order valence-electron chi connectivity index (χ3n) is 7.91. The van der Waals surface area contributed by atoms with E-state index in [1.54, 1.807) is 0 Å². The second-order valence-corrected chi connectivity index (χ2v) is 10.0. The number of anilines is 1. The van der Waals surface area contributed by atoms with E-state index in [1.807, 2.05) is 6.20 Å². The number of pyridine rings is 1. The molecule has 7 rings (SSSR count). The minimum absolute atomic E-state index is 0.284. The minimum atomic E-state index is -4.82. The van der Waals surface area contributed by atoms with Gasteiger partial charge in [-0.2, -0.15) is 0 Å². The molecule has 4 saturated carbocycles. The topological polar surface area (TPSA) is 69.2 Å². The summed E-state index contributed by atoms with van der Waals surface area (Å²) in [6.07, 6.45) is 8.50. The lowest BCUT2D eigenvalue weighted by Crippen LogP contribution is -2.53. The van der Waals surface area contributed by atoms with E-state index in [0.29, 0.717) is 34.7 Å². The molecule has 2 aromatic heterocycles. The Morgan fingerprint density at radius 2 is 1.84 bits per heavy atom. The zero-order valence-corrected chi connectivity index (χ0v) is 17.9. The second kappa shape index (κ2) is 7.10. The summed E-state index contributed by atoms with van der Waals surface area (Å²) in [5.41, 5.74) is 7.09. The number of likely N-dealkylation sites (tertiary alicyclic amines) is 1. The Morgan fingerprint density at radius 1 is 1.09 bits per heavy atom. The number of hydrogen-bond donors (Lipinski definition) is 1. The summed E-state index contributed by atoms with van der Waals surface area (Å²) in [7, 11) is 0. The van der Waals surface area contributed by atoms with Crippen LogP contribution < -0.4 is 10.5 Å². The number of halogens is 3. The van der Waals surface area contributed by atoms with Crippen molar-refractivity contribution in [3.8, 4) is 17.0 Å². The second-order valence-electron chi connectivity index (χ2n) is 10.0. The molecule has 5 fully saturated rings. The van der Waals surface area contributed by atoms with Crippen molar-refractivity contribution in [2.75, 3.05) is 18.8 Å². The summed E-state index contributed by atoms with van der Waals surface area (Å²) >= 11 is 0. The van der Waals surface area contributed by atoms with E-state index in [4.69, 9.17) is 10.7 Å². The molecule has 2 N–H and O–H groups in total. The molecule has 1 atom stereocenters. The Morgan fingerprint density at radius 3 is 2.53 bits per heavy atom. The molecule has 172 valence electrons. The first-order valence-corrected chi connectivity index (χ1v) is 11.7. The third kappa shape index (κ3) is 3.45. The number of hydrogen-bond acceptors (Lipinski definition) is 5. The number of rotatable bonds is 5. The smallest absolute Gasteiger partial charge is 0.402 e. The van der Waals surface area contributed by atoms with Gasteiger partial charge in [0.1, 0.15) is 5.82 Å². The Hall–Kier alpha value is -2.29. The maximum atomic E-state index is 12.8. The molecule has 0 radical (unpaired) electrons. The van der Waals surface area contributed by atoms with Gasteiger partial charge >= 0.3 is 6.36 Å². The first-order chi connectivity index (χ1) is 15.3. The quantitative estimate of drug-likeness (QED) is 0.707. The highest BCUT2D eigenvalue weighted by molar-refractivity contribution is 5.64. The molecule has 5 aliphatic rings. The standard InChI is InChI=1S/C23H28F3N5O/c24-23(25,26)32-19-8-15(12-28-20(19)27)17-13-31(21(29-17)14-4-5-14)18-11-22(9-16(18)10-22)30-6-2-1-3-7-30/h8,12-14,16,18H,1-7,9-11H2,(H2,27,28)/t16?,18-,22?/m0/s1. The lowest BCUT2D eigenvalue weighted by molar-refractivity contribution is -0.274. The fourth-order valence-corrected chi connectivity index (χ4v) is 6.25. The summed E-state index contributed by atoms with van der Waals surface area (Å²) in [5, 5.41) is 0. The molecule has 32 heavy (non-hydrogen) atoms. The van der Waals surface area contributed by atoms with Gasteiger partial charge in [-0.15, -0.1) is 13.2 Å². The first-order valence-electron chi connectivity index (χ1n) is 11.7. The van der Waals surface area contributed by atoms with Crippen molar-refractivity contribution >= 4 is 5.82 Å². The van der Waals surface area contributed by atoms with Crippen LogP contribution in [0.25, 0.3) is 11.3 Å². The van der Waals surface area contributed by atoms with Crippen LogP contribution >= 0.6 is 0 Å². The lowest BCUT2D eigenvalue weighted by atomic mass is 9.74. The summed E-state index contributed by atoms with van der Waals surface area (Å²) in [6, 6.07) is 1.71. The van der Waals surface area contributed by atoms with Gasteiger partial charge < -0.3 is 15.0 Å². The van der Waals surface area contributed by atoms with E-state index >= 15 is 0 Å². The summed E-state index contributed by atoms with van der Waals surface area (Å²) in [5.74, 6) is 1.41. The number of nitrogen functional groups attached to an aromatic ring is 1. The van der Waals surface area contributed by atoms with Gasteiger partial charge in [0, 0.05) is 35.5 Å². The number of nitrogens with zero attached hydrogens (tertiary/aromatic N) is 4. The molecule has 4 aliphatic carbocycles. The van der Waals surface area contributed by atoms with Crippen molar-refractivity contribution in [2.45, 2.75) is 75.2 Å². The van der Waals surface area contributed by atoms with Gasteiger partial charge in [0.25, 0.3) is 0 Å². The van der Waals surface area contributed by atoms with Crippen molar-refractivity contribution in [3.05, 3.63) is 24.3 Å². The number of imidazole rings is 1. The van der Waals surface area contributed by atoms with Crippen LogP contribution in [0.2, 0.25) is 0 Å². The molecule has 2 aromatic rings. The van der Waals surface area contributed by atoms with Crippen molar-refractivity contribution < 1.29 is 17.9 Å². The fourth-order valence-electron chi connectivity index (χ4n) is 6.25. The first kappa shape index (κ1) is 20.3. The van der Waals surface area contributed by atoms with E-state index in [9.17, 15) is 13.2 Å². The molecule has 3 heterocycles. The fraction of sp³-hybridized carbons (Fsp3) is 0.652. The number of alkyl halides is 3. The molecular formula is C23H28F3N5O. The molecule has 0 spiro atoms. The van der Waals surface area contributed by atoms with Gasteiger partial charge in [-0.1, -0.05) is 6.42 Å². The Bertz CT molecular complexity index is 1020. The zero-order valence-electron chi connectivity index (χ0n) is 17.9. The molecule has 6 nitrogen and oxygen atoms in total. The normalized spacial score (nSPS) is 30.3. The van der Waals surface area contributed by atoms with E-state index < -0.39 is 12.1 Å². The van der Waals surface area contributed by atoms with E-state index in [0.717, 1.165) is 25.1 Å². The SMILES string of the molecule is Nc1ncc(-c2cn([C@H]3CC4(N5CCCCC5)CC3C4)c(C3CC3)n2)cc1OC(F)(F)F. The zero-order chi connectivity index (χ0) is 22.1. The van der Waals surface area contributed by atoms with E-state index in [2.05, 4.69) is 19.2 Å². The Kier molecular flexibility index (Phi) is 4.51. The van der Waals surface area contributed by atoms with Gasteiger partial charge in [0.2, 0.25) is 0 Å². The van der Waals surface area contributed by atoms with E-state index in [1.165, 1.54) is 57.5 Å². The van der Waals surface area contributed by atoms with Crippen molar-refractivity contribution in [2.24, 2.45) is 5.92 Å². The molecule has 1 aliphatic heterocycles. The minimum Gasteiger partial charge on any atom is -0.402 e. The molecular weight excluding hydrogens is 419 g/mol. The highest BCUT2D eigenvalue weighted by atomic mass is 19.4. The molecule has 9 heteroatoms. The van der Waals surface area contributed by atoms with Crippen LogP contribution in [0.15, 0.2) is 18.5 Å². The monoisotopic (exact) mass is 447 g/mol. The summed E-state index contributed by atoms with van der Waals surface area (Å²) in [6.45, 7) is 2.42. The molecule has 0 amide bonds. The van der Waals surface area contributed by atoms with Gasteiger partial charge in [-0.25, -0.2) is 9.97 Å². The molecule has 0 unspecified atom stereocenters. The number of ether oxygens (including phenoxy) is 1. The highest BCUT2D eigenvalue weighted by Crippen LogP contribution is 2.61. The van der Waals surface area contributed by atoms with Crippen LogP contribution in [0.5, 0.6) is 5.75 Å². The van der Waals surface area contributed by atoms with Crippen LogP contribution in [0.3, 0.4) is 0 Å². The van der Waals surface area contributed by atoms with Gasteiger partial charge in [-0.3, -0.25) is 4.90 Å². The van der Waals surface area contributed by atoms with Gasteiger partial charge in [0.15, 0.2) is 11.6 Å². The number of piperidine rings is 1.